The van der Waals surface area contributed by atoms with Gasteiger partial charge < -0.3 is 10.1 Å². The van der Waals surface area contributed by atoms with Crippen LogP contribution in [0.5, 0.6) is 0 Å². The maximum absolute atomic E-state index is 13.5. The van der Waals surface area contributed by atoms with E-state index in [1.54, 1.807) is 30.3 Å². The smallest absolute Gasteiger partial charge is 0.337 e. The number of ether oxygens (including phenoxy) is 1. The van der Waals surface area contributed by atoms with Crippen LogP contribution in [-0.4, -0.2) is 19.5 Å². The van der Waals surface area contributed by atoms with Crippen molar-refractivity contribution < 1.29 is 18.7 Å². The lowest BCUT2D eigenvalue weighted by Crippen LogP contribution is -2.02. The molecule has 0 atom stereocenters. The molecule has 0 unspecified atom stereocenters. The minimum Gasteiger partial charge on any atom is -0.465 e. The number of hydrogen-bond donors (Lipinski definition) is 1. The van der Waals surface area contributed by atoms with Gasteiger partial charge in [-0.1, -0.05) is 12.1 Å². The molecule has 1 N–H and O–H groups in total. The number of halogens is 1. The van der Waals surface area contributed by atoms with Gasteiger partial charge >= 0.3 is 5.97 Å². The summed E-state index contributed by atoms with van der Waals surface area (Å²) in [5.41, 5.74) is 2.07. The van der Waals surface area contributed by atoms with E-state index in [9.17, 15) is 14.0 Å². The largest absolute Gasteiger partial charge is 0.465 e. The summed E-state index contributed by atoms with van der Waals surface area (Å²) in [4.78, 5) is 21.8. The third-order valence-corrected chi connectivity index (χ3v) is 2.76. The fourth-order valence-corrected chi connectivity index (χ4v) is 1.82. The van der Waals surface area contributed by atoms with Gasteiger partial charge in [-0.3, -0.25) is 4.79 Å². The van der Waals surface area contributed by atoms with E-state index in [2.05, 4.69) is 10.1 Å². The van der Waals surface area contributed by atoms with E-state index < -0.39 is 11.8 Å². The molecule has 0 spiro atoms. The van der Waals surface area contributed by atoms with Crippen LogP contribution in [0, 0.1) is 5.82 Å². The summed E-state index contributed by atoms with van der Waals surface area (Å²) in [5.74, 6) is -1.11. The molecule has 0 bridgehead atoms. The van der Waals surface area contributed by atoms with E-state index in [-0.39, 0.29) is 5.56 Å². The van der Waals surface area contributed by atoms with Gasteiger partial charge in [-0.25, -0.2) is 9.18 Å². The second-order valence-corrected chi connectivity index (χ2v) is 4.06. The first-order chi connectivity index (χ1) is 9.63. The first-order valence-electron chi connectivity index (χ1n) is 5.83. The predicted molar refractivity (Wildman–Crippen MR) is 72.9 cm³/mol. The highest BCUT2D eigenvalue weighted by Crippen LogP contribution is 2.24. The highest BCUT2D eigenvalue weighted by atomic mass is 19.1. The fraction of sp³-hybridized carbons (Fsp3) is 0.0667. The number of nitrogens with one attached hydrogen (secondary N) is 1. The Balaban J connectivity index is 2.38. The van der Waals surface area contributed by atoms with Gasteiger partial charge in [-0.2, -0.15) is 0 Å². The van der Waals surface area contributed by atoms with Crippen LogP contribution in [0.3, 0.4) is 0 Å². The highest BCUT2D eigenvalue weighted by Gasteiger charge is 2.10. The molecule has 0 aliphatic heterocycles. The second-order valence-electron chi connectivity index (χ2n) is 4.06. The minimum absolute atomic E-state index is 0.151. The molecule has 1 amide bonds. The van der Waals surface area contributed by atoms with Gasteiger partial charge in [0.05, 0.1) is 12.7 Å². The van der Waals surface area contributed by atoms with Crippen molar-refractivity contribution in [3.63, 3.8) is 0 Å². The van der Waals surface area contributed by atoms with Crippen LogP contribution in [0.4, 0.5) is 10.1 Å². The molecular formula is C15H12FNO3. The van der Waals surface area contributed by atoms with Crippen LogP contribution < -0.4 is 5.32 Å². The molecule has 2 aromatic carbocycles. The number of esters is 1. The lowest BCUT2D eigenvalue weighted by Gasteiger charge is -2.06. The van der Waals surface area contributed by atoms with Crippen LogP contribution >= 0.6 is 0 Å². The van der Waals surface area contributed by atoms with Gasteiger partial charge in [-0.15, -0.1) is 0 Å². The summed E-state index contributed by atoms with van der Waals surface area (Å²) in [6.07, 6.45) is 0.576. The molecule has 4 nitrogen and oxygen atoms in total. The Kier molecular flexibility index (Phi) is 4.10. The van der Waals surface area contributed by atoms with Crippen LogP contribution in [0.25, 0.3) is 11.1 Å². The number of carbonyl (C=O) groups is 2. The summed E-state index contributed by atoms with van der Waals surface area (Å²) in [7, 11) is 1.24. The van der Waals surface area contributed by atoms with Crippen molar-refractivity contribution in [2.75, 3.05) is 12.4 Å². The minimum atomic E-state index is -0.593. The maximum Gasteiger partial charge on any atom is 0.337 e. The number of rotatable bonds is 4. The van der Waals surface area contributed by atoms with Gasteiger partial charge in [0.15, 0.2) is 0 Å². The second kappa shape index (κ2) is 5.97. The molecule has 0 saturated heterocycles. The zero-order chi connectivity index (χ0) is 14.5. The van der Waals surface area contributed by atoms with Crippen molar-refractivity contribution in [3.8, 4) is 11.1 Å². The molecule has 0 radical (unpaired) electrons. The van der Waals surface area contributed by atoms with Crippen LogP contribution in [0.2, 0.25) is 0 Å². The van der Waals surface area contributed by atoms with Crippen LogP contribution in [0.15, 0.2) is 42.5 Å². The molecule has 2 aromatic rings. The quantitative estimate of drug-likeness (QED) is 0.688. The summed E-state index contributed by atoms with van der Waals surface area (Å²) < 4.78 is 18.1. The summed E-state index contributed by atoms with van der Waals surface area (Å²) in [6.45, 7) is 0. The van der Waals surface area contributed by atoms with Crippen LogP contribution in [-0.2, 0) is 9.53 Å². The SMILES string of the molecule is COC(=O)c1cc(F)cc(-c2ccc(NC=O)cc2)c1. The van der Waals surface area contributed by atoms with Crippen molar-refractivity contribution >= 4 is 18.1 Å². The normalized spacial score (nSPS) is 9.90. The third kappa shape index (κ3) is 3.00. The summed E-state index contributed by atoms with van der Waals surface area (Å²) >= 11 is 0. The van der Waals surface area contributed by atoms with Gasteiger partial charge in [-0.05, 0) is 41.5 Å². The molecule has 0 aliphatic rings. The number of anilines is 1. The number of hydrogen-bond acceptors (Lipinski definition) is 3. The number of amides is 1. The molecule has 102 valence electrons. The van der Waals surface area contributed by atoms with Crippen molar-refractivity contribution in [2.24, 2.45) is 0 Å². The Bertz CT molecular complexity index is 638. The topological polar surface area (TPSA) is 55.4 Å². The van der Waals surface area contributed by atoms with Crippen molar-refractivity contribution in [3.05, 3.63) is 53.8 Å². The molecule has 5 heteroatoms. The zero-order valence-corrected chi connectivity index (χ0v) is 10.7. The molecule has 0 heterocycles. The average molecular weight is 273 g/mol. The van der Waals surface area contributed by atoms with Crippen LogP contribution in [0.1, 0.15) is 10.4 Å². The molecule has 0 fully saturated rings. The lowest BCUT2D eigenvalue weighted by molar-refractivity contribution is -0.105. The first-order valence-corrected chi connectivity index (χ1v) is 5.83. The first kappa shape index (κ1) is 13.7. The summed E-state index contributed by atoms with van der Waals surface area (Å²) in [5, 5.41) is 2.51. The predicted octanol–water partition coefficient (Wildman–Crippen LogP) is 2.85. The fourth-order valence-electron chi connectivity index (χ4n) is 1.82. The average Bonchev–Trinajstić information content (AvgIpc) is 2.47. The number of benzene rings is 2. The number of methoxy groups -OCH3 is 1. The Labute approximate surface area is 115 Å². The monoisotopic (exact) mass is 273 g/mol. The van der Waals surface area contributed by atoms with E-state index in [4.69, 9.17) is 0 Å². The van der Waals surface area contributed by atoms with Crippen molar-refractivity contribution in [1.82, 2.24) is 0 Å². The Morgan fingerprint density at radius 2 is 1.85 bits per heavy atom. The van der Waals surface area contributed by atoms with E-state index in [1.807, 2.05) is 0 Å². The van der Waals surface area contributed by atoms with E-state index >= 15 is 0 Å². The maximum atomic E-state index is 13.5. The molecule has 0 aliphatic carbocycles. The Morgan fingerprint density at radius 1 is 1.15 bits per heavy atom. The van der Waals surface area contributed by atoms with Crippen molar-refractivity contribution in [1.29, 1.82) is 0 Å². The highest BCUT2D eigenvalue weighted by molar-refractivity contribution is 5.91. The Hall–Kier alpha value is -2.69. The standard InChI is InChI=1S/C15H12FNO3/c1-20-15(19)12-6-11(7-13(16)8-12)10-2-4-14(5-3-10)17-9-18/h2-9H,1H3,(H,17,18). The summed E-state index contributed by atoms with van der Waals surface area (Å²) in [6, 6.07) is 10.8. The molecular weight excluding hydrogens is 261 g/mol. The molecule has 0 aromatic heterocycles. The zero-order valence-electron chi connectivity index (χ0n) is 10.7. The van der Waals surface area contributed by atoms with Gasteiger partial charge in [0.1, 0.15) is 5.82 Å². The Morgan fingerprint density at radius 3 is 2.45 bits per heavy atom. The molecule has 2 rings (SSSR count). The third-order valence-electron chi connectivity index (χ3n) is 2.76. The molecule has 0 saturated carbocycles. The number of carbonyl (C=O) groups excluding carboxylic acids is 2. The van der Waals surface area contributed by atoms with Gasteiger partial charge in [0, 0.05) is 5.69 Å². The van der Waals surface area contributed by atoms with E-state index in [1.165, 1.54) is 13.2 Å². The van der Waals surface area contributed by atoms with E-state index in [0.717, 1.165) is 11.6 Å². The van der Waals surface area contributed by atoms with E-state index in [0.29, 0.717) is 17.7 Å². The van der Waals surface area contributed by atoms with Gasteiger partial charge in [0.25, 0.3) is 0 Å². The van der Waals surface area contributed by atoms with Gasteiger partial charge in [0.2, 0.25) is 6.41 Å². The van der Waals surface area contributed by atoms with Crippen molar-refractivity contribution in [2.45, 2.75) is 0 Å². The molecule has 20 heavy (non-hydrogen) atoms. The lowest BCUT2D eigenvalue weighted by atomic mass is 10.0.